The fourth-order valence-corrected chi connectivity index (χ4v) is 2.32. The fraction of sp³-hybridized carbons (Fsp3) is 0.412. The van der Waals surface area contributed by atoms with Crippen LogP contribution in [-0.2, 0) is 4.74 Å². The normalized spacial score (nSPS) is 10.5. The smallest absolute Gasteiger partial charge is 0.224 e. The zero-order valence-corrected chi connectivity index (χ0v) is 13.7. The number of ether oxygens (including phenoxy) is 1. The molecule has 0 radical (unpaired) electrons. The van der Waals surface area contributed by atoms with Crippen LogP contribution in [0.4, 0.5) is 17.5 Å². The van der Waals surface area contributed by atoms with Gasteiger partial charge in [-0.05, 0) is 50.5 Å². The van der Waals surface area contributed by atoms with Crippen LogP contribution in [0.5, 0.6) is 0 Å². The Morgan fingerprint density at radius 3 is 2.41 bits per heavy atom. The van der Waals surface area contributed by atoms with E-state index >= 15 is 0 Å². The summed E-state index contributed by atoms with van der Waals surface area (Å²) in [5.74, 6) is 1.44. The van der Waals surface area contributed by atoms with Crippen molar-refractivity contribution in [1.82, 2.24) is 9.97 Å². The molecule has 0 spiro atoms. The van der Waals surface area contributed by atoms with Gasteiger partial charge in [0.15, 0.2) is 0 Å². The van der Waals surface area contributed by atoms with Crippen molar-refractivity contribution < 1.29 is 4.74 Å². The lowest BCUT2D eigenvalue weighted by atomic mass is 10.1. The van der Waals surface area contributed by atoms with Crippen molar-refractivity contribution in [3.05, 3.63) is 41.1 Å². The Balaban J connectivity index is 2.08. The molecule has 22 heavy (non-hydrogen) atoms. The highest BCUT2D eigenvalue weighted by Crippen LogP contribution is 2.19. The summed E-state index contributed by atoms with van der Waals surface area (Å²) in [5, 5.41) is 6.58. The first-order valence-electron chi connectivity index (χ1n) is 7.50. The number of aryl methyl sites for hydroxylation is 3. The molecule has 1 aromatic heterocycles. The van der Waals surface area contributed by atoms with Crippen molar-refractivity contribution in [2.45, 2.75) is 27.2 Å². The number of methoxy groups -OCH3 is 1. The Bertz CT molecular complexity index is 608. The maximum absolute atomic E-state index is 5.04. The van der Waals surface area contributed by atoms with E-state index in [2.05, 4.69) is 52.6 Å². The van der Waals surface area contributed by atoms with Crippen LogP contribution in [0.25, 0.3) is 0 Å². The van der Waals surface area contributed by atoms with Crippen LogP contribution < -0.4 is 10.6 Å². The number of aromatic nitrogens is 2. The summed E-state index contributed by atoms with van der Waals surface area (Å²) in [6, 6.07) is 8.31. The predicted octanol–water partition coefficient (Wildman–Crippen LogP) is 3.59. The van der Waals surface area contributed by atoms with Crippen molar-refractivity contribution in [2.75, 3.05) is 30.9 Å². The summed E-state index contributed by atoms with van der Waals surface area (Å²) in [5.41, 5.74) is 4.43. The molecule has 0 aliphatic heterocycles. The standard InChI is InChI=1S/C17H24N4O/c1-12-8-13(2)10-15(9-12)20-16-11-14(3)19-17(21-16)18-6-5-7-22-4/h8-11H,5-7H2,1-4H3,(H2,18,19,20,21). The summed E-state index contributed by atoms with van der Waals surface area (Å²) in [7, 11) is 1.70. The molecule has 0 amide bonds. The fourth-order valence-electron chi connectivity index (χ4n) is 2.32. The number of benzene rings is 1. The summed E-state index contributed by atoms with van der Waals surface area (Å²) in [6.45, 7) is 7.67. The number of nitrogens with zero attached hydrogens (tertiary/aromatic N) is 2. The molecular weight excluding hydrogens is 276 g/mol. The van der Waals surface area contributed by atoms with Crippen LogP contribution in [0.2, 0.25) is 0 Å². The van der Waals surface area contributed by atoms with Gasteiger partial charge in [0.25, 0.3) is 0 Å². The average Bonchev–Trinajstić information content (AvgIpc) is 2.42. The monoisotopic (exact) mass is 300 g/mol. The molecule has 118 valence electrons. The van der Waals surface area contributed by atoms with Gasteiger partial charge < -0.3 is 15.4 Å². The lowest BCUT2D eigenvalue weighted by molar-refractivity contribution is 0.197. The second-order valence-electron chi connectivity index (χ2n) is 5.49. The van der Waals surface area contributed by atoms with Crippen molar-refractivity contribution in [2.24, 2.45) is 0 Å². The van der Waals surface area contributed by atoms with E-state index in [0.29, 0.717) is 5.95 Å². The Hall–Kier alpha value is -2.14. The minimum atomic E-state index is 0.642. The van der Waals surface area contributed by atoms with Gasteiger partial charge in [0.05, 0.1) is 0 Å². The second kappa shape index (κ2) is 7.75. The average molecular weight is 300 g/mol. The van der Waals surface area contributed by atoms with E-state index in [0.717, 1.165) is 36.8 Å². The van der Waals surface area contributed by atoms with E-state index in [-0.39, 0.29) is 0 Å². The predicted molar refractivity (Wildman–Crippen MR) is 91.0 cm³/mol. The van der Waals surface area contributed by atoms with E-state index < -0.39 is 0 Å². The molecule has 2 N–H and O–H groups in total. The largest absolute Gasteiger partial charge is 0.385 e. The highest BCUT2D eigenvalue weighted by Gasteiger charge is 2.03. The van der Waals surface area contributed by atoms with Crippen molar-refractivity contribution in [3.63, 3.8) is 0 Å². The summed E-state index contributed by atoms with van der Waals surface area (Å²) in [6.07, 6.45) is 0.924. The van der Waals surface area contributed by atoms with E-state index in [1.165, 1.54) is 11.1 Å². The number of hydrogen-bond acceptors (Lipinski definition) is 5. The second-order valence-corrected chi connectivity index (χ2v) is 5.49. The van der Waals surface area contributed by atoms with Crippen LogP contribution in [0.1, 0.15) is 23.2 Å². The summed E-state index contributed by atoms with van der Waals surface area (Å²) < 4.78 is 5.04. The van der Waals surface area contributed by atoms with Gasteiger partial charge in [-0.25, -0.2) is 4.98 Å². The van der Waals surface area contributed by atoms with Gasteiger partial charge in [0.2, 0.25) is 5.95 Å². The first kappa shape index (κ1) is 16.2. The third-order valence-electron chi connectivity index (χ3n) is 3.16. The maximum Gasteiger partial charge on any atom is 0.224 e. The Labute approximate surface area is 132 Å². The molecule has 2 rings (SSSR count). The first-order chi connectivity index (χ1) is 10.6. The molecule has 0 saturated heterocycles. The molecule has 1 heterocycles. The topological polar surface area (TPSA) is 59.1 Å². The minimum Gasteiger partial charge on any atom is -0.385 e. The number of rotatable bonds is 7. The van der Waals surface area contributed by atoms with Crippen LogP contribution in [0, 0.1) is 20.8 Å². The zero-order chi connectivity index (χ0) is 15.9. The molecule has 0 unspecified atom stereocenters. The van der Waals surface area contributed by atoms with Crippen molar-refractivity contribution in [1.29, 1.82) is 0 Å². The SMILES string of the molecule is COCCCNc1nc(C)cc(Nc2cc(C)cc(C)c2)n1. The highest BCUT2D eigenvalue weighted by molar-refractivity contribution is 5.59. The molecule has 0 bridgehead atoms. The molecule has 0 aliphatic carbocycles. The third-order valence-corrected chi connectivity index (χ3v) is 3.16. The molecule has 0 atom stereocenters. The van der Waals surface area contributed by atoms with Crippen molar-refractivity contribution in [3.8, 4) is 0 Å². The van der Waals surface area contributed by atoms with Gasteiger partial charge in [0, 0.05) is 37.7 Å². The molecule has 2 aromatic rings. The molecule has 0 aliphatic rings. The van der Waals surface area contributed by atoms with Crippen molar-refractivity contribution >= 4 is 17.5 Å². The van der Waals surface area contributed by atoms with Gasteiger partial charge in [-0.2, -0.15) is 4.98 Å². The van der Waals surface area contributed by atoms with Crippen LogP contribution >= 0.6 is 0 Å². The van der Waals surface area contributed by atoms with E-state index in [1.807, 2.05) is 13.0 Å². The lowest BCUT2D eigenvalue weighted by Crippen LogP contribution is -2.09. The molecular formula is C17H24N4O. The van der Waals surface area contributed by atoms with Gasteiger partial charge in [-0.15, -0.1) is 0 Å². The zero-order valence-electron chi connectivity index (χ0n) is 13.7. The Kier molecular flexibility index (Phi) is 5.72. The summed E-state index contributed by atoms with van der Waals surface area (Å²) >= 11 is 0. The molecule has 5 nitrogen and oxygen atoms in total. The molecule has 0 fully saturated rings. The first-order valence-corrected chi connectivity index (χ1v) is 7.50. The van der Waals surface area contributed by atoms with E-state index in [1.54, 1.807) is 7.11 Å². The van der Waals surface area contributed by atoms with Crippen LogP contribution in [0.15, 0.2) is 24.3 Å². The third kappa shape index (κ3) is 5.00. The van der Waals surface area contributed by atoms with Gasteiger partial charge in [-0.1, -0.05) is 6.07 Å². The quantitative estimate of drug-likeness (QED) is 0.765. The van der Waals surface area contributed by atoms with Crippen LogP contribution in [0.3, 0.4) is 0 Å². The lowest BCUT2D eigenvalue weighted by Gasteiger charge is -2.11. The molecule has 5 heteroatoms. The summed E-state index contributed by atoms with van der Waals surface area (Å²) in [4.78, 5) is 8.92. The van der Waals surface area contributed by atoms with Gasteiger partial charge >= 0.3 is 0 Å². The van der Waals surface area contributed by atoms with Gasteiger partial charge in [0.1, 0.15) is 5.82 Å². The van der Waals surface area contributed by atoms with E-state index in [9.17, 15) is 0 Å². The highest BCUT2D eigenvalue weighted by atomic mass is 16.5. The minimum absolute atomic E-state index is 0.642. The number of nitrogens with one attached hydrogen (secondary N) is 2. The van der Waals surface area contributed by atoms with Crippen LogP contribution in [-0.4, -0.2) is 30.2 Å². The Morgan fingerprint density at radius 1 is 1.00 bits per heavy atom. The maximum atomic E-state index is 5.04. The molecule has 1 aromatic carbocycles. The number of hydrogen-bond donors (Lipinski definition) is 2. The van der Waals surface area contributed by atoms with E-state index in [4.69, 9.17) is 4.74 Å². The van der Waals surface area contributed by atoms with Gasteiger partial charge in [-0.3, -0.25) is 0 Å². The molecule has 0 saturated carbocycles. The Morgan fingerprint density at radius 2 is 1.73 bits per heavy atom. The number of anilines is 3.